The maximum Gasteiger partial charge on any atom is 0.191 e. The Morgan fingerprint density at radius 2 is 2.04 bits per heavy atom. The molecule has 0 spiro atoms. The molecule has 1 fully saturated rings. The van der Waals surface area contributed by atoms with Crippen LogP contribution in [0.2, 0.25) is 0 Å². The summed E-state index contributed by atoms with van der Waals surface area (Å²) in [6, 6.07) is 4.65. The zero-order valence-corrected chi connectivity index (χ0v) is 20.5. The number of nitrogens with zero attached hydrogens (tertiary/aromatic N) is 3. The molecule has 1 aromatic rings. The number of halogens is 1. The van der Waals surface area contributed by atoms with Crippen molar-refractivity contribution in [2.24, 2.45) is 4.99 Å². The summed E-state index contributed by atoms with van der Waals surface area (Å²) in [6.45, 7) is 12.7. The Hall–Kier alpha value is -0.420. The fourth-order valence-corrected chi connectivity index (χ4v) is 4.02. The average Bonchev–Trinajstić information content (AvgIpc) is 3.14. The van der Waals surface area contributed by atoms with Crippen LogP contribution in [0, 0.1) is 0 Å². The van der Waals surface area contributed by atoms with Gasteiger partial charge in [-0.15, -0.1) is 35.3 Å². The summed E-state index contributed by atoms with van der Waals surface area (Å²) in [7, 11) is 4.25. The molecule has 2 heterocycles. The van der Waals surface area contributed by atoms with Crippen molar-refractivity contribution in [3.8, 4) is 0 Å². The van der Waals surface area contributed by atoms with E-state index in [4.69, 9.17) is 9.73 Å². The zero-order chi connectivity index (χ0) is 19.0. The van der Waals surface area contributed by atoms with E-state index in [2.05, 4.69) is 72.8 Å². The summed E-state index contributed by atoms with van der Waals surface area (Å²) < 4.78 is 5.48. The van der Waals surface area contributed by atoms with Gasteiger partial charge in [-0.2, -0.15) is 0 Å². The number of likely N-dealkylation sites (N-methyl/N-ethyl adjacent to an activating group) is 1. The number of aliphatic imine (C=N–C) groups is 1. The van der Waals surface area contributed by atoms with Crippen LogP contribution in [0.25, 0.3) is 0 Å². The molecular formula is C19H36IN5OS. The van der Waals surface area contributed by atoms with Gasteiger partial charge in [0.1, 0.15) is 0 Å². The molecule has 1 unspecified atom stereocenters. The Morgan fingerprint density at radius 1 is 1.33 bits per heavy atom. The third-order valence-corrected chi connectivity index (χ3v) is 5.77. The zero-order valence-electron chi connectivity index (χ0n) is 17.3. The molecule has 1 aliphatic rings. The van der Waals surface area contributed by atoms with Crippen LogP contribution in [0.3, 0.4) is 0 Å². The molecule has 8 heteroatoms. The Kier molecular flexibility index (Phi) is 11.1. The third kappa shape index (κ3) is 7.84. The van der Waals surface area contributed by atoms with E-state index >= 15 is 0 Å². The number of hydrogen-bond donors (Lipinski definition) is 2. The van der Waals surface area contributed by atoms with Gasteiger partial charge < -0.3 is 20.3 Å². The summed E-state index contributed by atoms with van der Waals surface area (Å²) in [5.41, 5.74) is 0.0286. The predicted octanol–water partition coefficient (Wildman–Crippen LogP) is 2.63. The van der Waals surface area contributed by atoms with Crippen LogP contribution < -0.4 is 10.6 Å². The minimum absolute atomic E-state index is 0. The van der Waals surface area contributed by atoms with E-state index in [-0.39, 0.29) is 29.5 Å². The number of morpholine rings is 1. The molecule has 0 aromatic carbocycles. The lowest BCUT2D eigenvalue weighted by molar-refractivity contribution is -0.00684. The van der Waals surface area contributed by atoms with Crippen molar-refractivity contribution >= 4 is 41.3 Å². The van der Waals surface area contributed by atoms with Crippen LogP contribution >= 0.6 is 35.3 Å². The van der Waals surface area contributed by atoms with Gasteiger partial charge >= 0.3 is 0 Å². The molecule has 156 valence electrons. The second-order valence-corrected chi connectivity index (χ2v) is 8.46. The molecule has 0 aliphatic carbocycles. The van der Waals surface area contributed by atoms with E-state index in [0.29, 0.717) is 6.04 Å². The van der Waals surface area contributed by atoms with E-state index in [1.807, 2.05) is 0 Å². The first kappa shape index (κ1) is 24.6. The standard InChI is InChI=1S/C19H35N5OS.HI/c1-6-20-18(21-14-16(23(4)5)17-8-7-13-26-17)22-15-19(2,3)24-9-11-25-12-10-24;/h7-8,13,16H,6,9-12,14-15H2,1-5H3,(H2,20,21,22);1H. The Balaban J connectivity index is 0.00000364. The predicted molar refractivity (Wildman–Crippen MR) is 127 cm³/mol. The lowest BCUT2D eigenvalue weighted by Crippen LogP contribution is -2.52. The first-order chi connectivity index (χ1) is 12.4. The van der Waals surface area contributed by atoms with Crippen molar-refractivity contribution in [1.82, 2.24) is 20.4 Å². The van der Waals surface area contributed by atoms with Gasteiger partial charge in [0, 0.05) is 36.6 Å². The largest absolute Gasteiger partial charge is 0.379 e. The molecule has 1 atom stereocenters. The van der Waals surface area contributed by atoms with Gasteiger partial charge in [0.25, 0.3) is 0 Å². The normalized spacial score (nSPS) is 17.5. The Bertz CT molecular complexity index is 544. The Morgan fingerprint density at radius 3 is 2.59 bits per heavy atom. The highest BCUT2D eigenvalue weighted by Gasteiger charge is 2.28. The number of rotatable bonds is 8. The van der Waals surface area contributed by atoms with E-state index < -0.39 is 0 Å². The van der Waals surface area contributed by atoms with Gasteiger partial charge in [-0.1, -0.05) is 6.07 Å². The topological polar surface area (TPSA) is 52.1 Å². The molecule has 1 aromatic heterocycles. The van der Waals surface area contributed by atoms with Crippen LogP contribution in [0.4, 0.5) is 0 Å². The highest BCUT2D eigenvalue weighted by molar-refractivity contribution is 14.0. The number of guanidine groups is 1. The van der Waals surface area contributed by atoms with Crippen molar-refractivity contribution in [1.29, 1.82) is 0 Å². The fraction of sp³-hybridized carbons (Fsp3) is 0.737. The smallest absolute Gasteiger partial charge is 0.191 e. The molecule has 0 radical (unpaired) electrons. The van der Waals surface area contributed by atoms with Crippen LogP contribution in [0.15, 0.2) is 22.5 Å². The van der Waals surface area contributed by atoms with E-state index in [0.717, 1.165) is 51.9 Å². The first-order valence-corrected chi connectivity index (χ1v) is 10.4. The maximum atomic E-state index is 5.48. The fourth-order valence-electron chi connectivity index (χ4n) is 3.09. The van der Waals surface area contributed by atoms with Crippen molar-refractivity contribution in [3.05, 3.63) is 22.4 Å². The summed E-state index contributed by atoms with van der Waals surface area (Å²) in [6.07, 6.45) is 0. The van der Waals surface area contributed by atoms with Crippen molar-refractivity contribution < 1.29 is 4.74 Å². The van der Waals surface area contributed by atoms with Gasteiger partial charge in [-0.25, -0.2) is 0 Å². The highest BCUT2D eigenvalue weighted by atomic mass is 127. The van der Waals surface area contributed by atoms with Crippen LogP contribution in [-0.2, 0) is 4.74 Å². The van der Waals surface area contributed by atoms with Crippen LogP contribution in [-0.4, -0.2) is 81.3 Å². The SMILES string of the molecule is CCNC(=NCC(C)(C)N1CCOCC1)NCC(c1cccs1)N(C)C.I. The third-order valence-electron chi connectivity index (χ3n) is 4.79. The van der Waals surface area contributed by atoms with Gasteiger partial charge in [0.2, 0.25) is 0 Å². The quantitative estimate of drug-likeness (QED) is 0.321. The minimum Gasteiger partial charge on any atom is -0.379 e. The number of nitrogens with one attached hydrogen (secondary N) is 2. The van der Waals surface area contributed by atoms with Crippen molar-refractivity contribution in [2.45, 2.75) is 32.4 Å². The molecule has 2 rings (SSSR count). The highest BCUT2D eigenvalue weighted by Crippen LogP contribution is 2.22. The molecule has 27 heavy (non-hydrogen) atoms. The molecule has 6 nitrogen and oxygen atoms in total. The molecule has 0 saturated carbocycles. The summed E-state index contributed by atoms with van der Waals surface area (Å²) in [5.74, 6) is 0.886. The lowest BCUT2D eigenvalue weighted by Gasteiger charge is -2.40. The lowest BCUT2D eigenvalue weighted by atomic mass is 10.0. The minimum atomic E-state index is 0. The second-order valence-electron chi connectivity index (χ2n) is 7.48. The molecule has 0 bridgehead atoms. The summed E-state index contributed by atoms with van der Waals surface area (Å²) >= 11 is 1.80. The van der Waals surface area contributed by atoms with Crippen LogP contribution in [0.5, 0.6) is 0 Å². The first-order valence-electron chi connectivity index (χ1n) is 9.49. The van der Waals surface area contributed by atoms with Crippen LogP contribution in [0.1, 0.15) is 31.7 Å². The van der Waals surface area contributed by atoms with Gasteiger partial charge in [-0.05, 0) is 46.3 Å². The molecule has 1 saturated heterocycles. The van der Waals surface area contributed by atoms with Gasteiger partial charge in [0.15, 0.2) is 5.96 Å². The van der Waals surface area contributed by atoms with E-state index in [1.165, 1.54) is 4.88 Å². The number of ether oxygens (including phenoxy) is 1. The Labute approximate surface area is 185 Å². The second kappa shape index (κ2) is 12.2. The summed E-state index contributed by atoms with van der Waals surface area (Å²) in [5, 5.41) is 9.04. The molecular weight excluding hydrogens is 473 g/mol. The van der Waals surface area contributed by atoms with Gasteiger partial charge in [0.05, 0.1) is 25.8 Å². The molecule has 2 N–H and O–H groups in total. The van der Waals surface area contributed by atoms with Crippen molar-refractivity contribution in [2.75, 3.05) is 60.0 Å². The maximum absolute atomic E-state index is 5.48. The number of thiophene rings is 1. The number of hydrogen-bond acceptors (Lipinski definition) is 5. The monoisotopic (exact) mass is 509 g/mol. The summed E-state index contributed by atoms with van der Waals surface area (Å²) in [4.78, 5) is 11.0. The molecule has 0 amide bonds. The van der Waals surface area contributed by atoms with Gasteiger partial charge in [-0.3, -0.25) is 9.89 Å². The molecule has 1 aliphatic heterocycles. The van der Waals surface area contributed by atoms with E-state index in [9.17, 15) is 0 Å². The average molecular weight is 510 g/mol. The van der Waals surface area contributed by atoms with Crippen molar-refractivity contribution in [3.63, 3.8) is 0 Å². The van der Waals surface area contributed by atoms with E-state index in [1.54, 1.807) is 11.3 Å².